The Morgan fingerprint density at radius 3 is 2.35 bits per heavy atom. The van der Waals surface area contributed by atoms with Crippen molar-refractivity contribution in [3.05, 3.63) is 41.5 Å². The van der Waals surface area contributed by atoms with Gasteiger partial charge in [-0.25, -0.2) is 4.79 Å². The molecule has 0 amide bonds. The van der Waals surface area contributed by atoms with E-state index in [0.29, 0.717) is 5.56 Å². The Kier molecular flexibility index (Phi) is 4.47. The summed E-state index contributed by atoms with van der Waals surface area (Å²) in [4.78, 5) is 11.5. The quantitative estimate of drug-likeness (QED) is 0.449. The van der Waals surface area contributed by atoms with E-state index in [9.17, 15) is 4.79 Å². The maximum Gasteiger partial charge on any atom is 0.350 e. The monoisotopic (exact) mass is 226 g/mol. The van der Waals surface area contributed by atoms with Crippen LogP contribution in [0.3, 0.4) is 0 Å². The Hall–Kier alpha value is -2.59. The number of esters is 1. The number of ether oxygens (including phenoxy) is 1. The molecule has 4 heteroatoms. The van der Waals surface area contributed by atoms with Gasteiger partial charge in [-0.1, -0.05) is 30.3 Å². The number of hydrogen-bond acceptors (Lipinski definition) is 4. The Morgan fingerprint density at radius 1 is 1.24 bits per heavy atom. The second kappa shape index (κ2) is 6.09. The van der Waals surface area contributed by atoms with Crippen LogP contribution in [-0.4, -0.2) is 12.6 Å². The summed E-state index contributed by atoms with van der Waals surface area (Å²) in [7, 11) is 0. The van der Waals surface area contributed by atoms with E-state index in [1.54, 1.807) is 43.3 Å². The van der Waals surface area contributed by atoms with E-state index in [0.717, 1.165) is 0 Å². The molecular formula is C13H10N2O2. The number of nitriles is 2. The topological polar surface area (TPSA) is 73.9 Å². The van der Waals surface area contributed by atoms with Crippen LogP contribution in [0.5, 0.6) is 0 Å². The van der Waals surface area contributed by atoms with Gasteiger partial charge in [-0.2, -0.15) is 10.5 Å². The van der Waals surface area contributed by atoms with Crippen molar-refractivity contribution in [3.63, 3.8) is 0 Å². The van der Waals surface area contributed by atoms with Crippen LogP contribution < -0.4 is 0 Å². The highest BCUT2D eigenvalue weighted by Gasteiger charge is 2.17. The van der Waals surface area contributed by atoms with Crippen molar-refractivity contribution in [3.8, 4) is 12.1 Å². The van der Waals surface area contributed by atoms with E-state index < -0.39 is 5.97 Å². The minimum Gasteiger partial charge on any atom is -0.462 e. The highest BCUT2D eigenvalue weighted by atomic mass is 16.5. The summed E-state index contributed by atoms with van der Waals surface area (Å²) in [6.45, 7) is 1.80. The first kappa shape index (κ1) is 12.5. The number of carbonyl (C=O) groups excluding carboxylic acids is 1. The second-order valence-electron chi connectivity index (χ2n) is 3.06. The molecule has 0 heterocycles. The van der Waals surface area contributed by atoms with Crippen molar-refractivity contribution in [1.82, 2.24) is 0 Å². The zero-order valence-electron chi connectivity index (χ0n) is 9.30. The molecule has 0 spiro atoms. The van der Waals surface area contributed by atoms with Crippen molar-refractivity contribution >= 4 is 11.5 Å². The lowest BCUT2D eigenvalue weighted by atomic mass is 10.0. The van der Waals surface area contributed by atoms with Gasteiger partial charge in [0, 0.05) is 0 Å². The maximum absolute atomic E-state index is 11.5. The van der Waals surface area contributed by atoms with Crippen LogP contribution in [0, 0.1) is 22.7 Å². The van der Waals surface area contributed by atoms with Gasteiger partial charge in [0.1, 0.15) is 12.1 Å². The Balaban J connectivity index is 3.28. The molecule has 1 rings (SSSR count). The fourth-order valence-electron chi connectivity index (χ4n) is 1.28. The molecule has 0 N–H and O–H groups in total. The minimum absolute atomic E-state index is 0.0338. The SMILES string of the molecule is CCOC(=O)/C(C#N)=C(\C#N)c1ccccc1. The molecule has 0 unspecified atom stereocenters. The lowest BCUT2D eigenvalue weighted by molar-refractivity contribution is -0.137. The number of rotatable bonds is 3. The van der Waals surface area contributed by atoms with Crippen molar-refractivity contribution < 1.29 is 9.53 Å². The third-order valence-electron chi connectivity index (χ3n) is 2.02. The molecule has 0 aliphatic carbocycles. The first-order valence-electron chi connectivity index (χ1n) is 5.01. The number of nitrogens with zero attached hydrogens (tertiary/aromatic N) is 2. The largest absolute Gasteiger partial charge is 0.462 e. The van der Waals surface area contributed by atoms with Crippen molar-refractivity contribution in [2.24, 2.45) is 0 Å². The lowest BCUT2D eigenvalue weighted by Gasteiger charge is -2.03. The minimum atomic E-state index is -0.768. The molecule has 4 nitrogen and oxygen atoms in total. The molecule has 0 aliphatic rings. The molecule has 0 bridgehead atoms. The summed E-state index contributed by atoms with van der Waals surface area (Å²) in [6, 6.07) is 12.2. The number of benzene rings is 1. The average Bonchev–Trinajstić information content (AvgIpc) is 2.37. The van der Waals surface area contributed by atoms with Gasteiger partial charge in [0.2, 0.25) is 0 Å². The highest BCUT2D eigenvalue weighted by molar-refractivity contribution is 6.04. The molecule has 1 aromatic carbocycles. The zero-order valence-corrected chi connectivity index (χ0v) is 9.30. The van der Waals surface area contributed by atoms with E-state index in [2.05, 4.69) is 0 Å². The maximum atomic E-state index is 11.5. The lowest BCUT2D eigenvalue weighted by Crippen LogP contribution is -2.08. The summed E-state index contributed by atoms with van der Waals surface area (Å²) < 4.78 is 4.73. The molecule has 0 fully saturated rings. The summed E-state index contributed by atoms with van der Waals surface area (Å²) in [6.07, 6.45) is 0. The number of carbonyl (C=O) groups is 1. The van der Waals surface area contributed by atoms with Gasteiger partial charge in [-0.3, -0.25) is 0 Å². The predicted molar refractivity (Wildman–Crippen MR) is 61.2 cm³/mol. The fraction of sp³-hybridized carbons (Fsp3) is 0.154. The Labute approximate surface area is 99.4 Å². The molecule has 0 aromatic heterocycles. The molecule has 0 saturated heterocycles. The zero-order chi connectivity index (χ0) is 12.7. The van der Waals surface area contributed by atoms with Gasteiger partial charge >= 0.3 is 5.97 Å². The van der Waals surface area contributed by atoms with Gasteiger partial charge < -0.3 is 4.74 Å². The van der Waals surface area contributed by atoms with Gasteiger partial charge in [-0.05, 0) is 12.5 Å². The standard InChI is InChI=1S/C13H10N2O2/c1-2-17-13(16)12(9-15)11(8-14)10-6-4-3-5-7-10/h3-7H,2H2,1H3/b12-11+. The van der Waals surface area contributed by atoms with Gasteiger partial charge in [0.15, 0.2) is 5.57 Å². The van der Waals surface area contributed by atoms with Crippen LogP contribution >= 0.6 is 0 Å². The van der Waals surface area contributed by atoms with Crippen LogP contribution in [0.2, 0.25) is 0 Å². The van der Waals surface area contributed by atoms with Gasteiger partial charge in [0.25, 0.3) is 0 Å². The smallest absolute Gasteiger partial charge is 0.350 e. The molecule has 84 valence electrons. The Morgan fingerprint density at radius 2 is 1.88 bits per heavy atom. The molecule has 0 saturated carbocycles. The molecule has 17 heavy (non-hydrogen) atoms. The molecule has 1 aromatic rings. The summed E-state index contributed by atoms with van der Waals surface area (Å²) in [5, 5.41) is 18.0. The summed E-state index contributed by atoms with van der Waals surface area (Å²) in [5.41, 5.74) is 0.298. The first-order chi connectivity index (χ1) is 8.24. The summed E-state index contributed by atoms with van der Waals surface area (Å²) in [5.74, 6) is -0.768. The molecule has 0 radical (unpaired) electrons. The molecule has 0 aliphatic heterocycles. The van der Waals surface area contributed by atoms with E-state index in [1.807, 2.05) is 6.07 Å². The highest BCUT2D eigenvalue weighted by Crippen LogP contribution is 2.18. The fourth-order valence-corrected chi connectivity index (χ4v) is 1.28. The van der Waals surface area contributed by atoms with Gasteiger partial charge in [0.05, 0.1) is 12.2 Å². The molecule has 0 atom stereocenters. The number of allylic oxidation sites excluding steroid dienone is 1. The van der Waals surface area contributed by atoms with E-state index in [-0.39, 0.29) is 17.8 Å². The van der Waals surface area contributed by atoms with Gasteiger partial charge in [-0.15, -0.1) is 0 Å². The average molecular weight is 226 g/mol. The third-order valence-corrected chi connectivity index (χ3v) is 2.02. The van der Waals surface area contributed by atoms with E-state index in [4.69, 9.17) is 15.3 Å². The van der Waals surface area contributed by atoms with Crippen LogP contribution in [-0.2, 0) is 9.53 Å². The van der Waals surface area contributed by atoms with Crippen molar-refractivity contribution in [2.45, 2.75) is 6.92 Å². The summed E-state index contributed by atoms with van der Waals surface area (Å²) >= 11 is 0. The number of hydrogen-bond donors (Lipinski definition) is 0. The van der Waals surface area contributed by atoms with Crippen LogP contribution in [0.15, 0.2) is 35.9 Å². The van der Waals surface area contributed by atoms with Crippen molar-refractivity contribution in [1.29, 1.82) is 10.5 Å². The normalized spacial score (nSPS) is 10.8. The second-order valence-corrected chi connectivity index (χ2v) is 3.06. The van der Waals surface area contributed by atoms with Crippen molar-refractivity contribution in [2.75, 3.05) is 6.61 Å². The van der Waals surface area contributed by atoms with Crippen LogP contribution in [0.25, 0.3) is 5.57 Å². The predicted octanol–water partition coefficient (Wildman–Crippen LogP) is 2.05. The first-order valence-corrected chi connectivity index (χ1v) is 5.01. The van der Waals surface area contributed by atoms with Crippen LogP contribution in [0.4, 0.5) is 0 Å². The Bertz CT molecular complexity index is 519. The van der Waals surface area contributed by atoms with E-state index in [1.165, 1.54) is 0 Å². The van der Waals surface area contributed by atoms with Crippen LogP contribution in [0.1, 0.15) is 12.5 Å². The molecular weight excluding hydrogens is 216 g/mol. The van der Waals surface area contributed by atoms with E-state index >= 15 is 0 Å². The third kappa shape index (κ3) is 2.93.